The summed E-state index contributed by atoms with van der Waals surface area (Å²) in [6.45, 7) is 7.39. The SMILES string of the molecule is Cc1cccc(C)c1N1CC=C[C@]23S[C@]4(C)C=CCN(C)C(=O)[C@@H]4[C@H]2C(=O)N(CCCCO)C3C1=O. The molecule has 0 aromatic heterocycles. The predicted molar refractivity (Wildman–Crippen MR) is 142 cm³/mol. The van der Waals surface area contributed by atoms with Crippen LogP contribution in [-0.2, 0) is 14.4 Å². The van der Waals surface area contributed by atoms with Gasteiger partial charge in [0.1, 0.15) is 6.04 Å². The molecule has 7 nitrogen and oxygen atoms in total. The summed E-state index contributed by atoms with van der Waals surface area (Å²) in [5.74, 6) is -1.44. The maximum Gasteiger partial charge on any atom is 0.251 e. The van der Waals surface area contributed by atoms with Crippen molar-refractivity contribution < 1.29 is 19.5 Å². The molecule has 5 rings (SSSR count). The molecule has 1 aromatic rings. The van der Waals surface area contributed by atoms with Crippen molar-refractivity contribution in [2.75, 3.05) is 38.2 Å². The number of likely N-dealkylation sites (tertiary alicyclic amines) is 1. The number of unbranched alkanes of at least 4 members (excludes halogenated alkanes) is 1. The van der Waals surface area contributed by atoms with Crippen LogP contribution in [0.4, 0.5) is 5.69 Å². The molecule has 4 aliphatic heterocycles. The molecule has 2 fully saturated rings. The lowest BCUT2D eigenvalue weighted by Gasteiger charge is -2.37. The Labute approximate surface area is 217 Å². The molecule has 4 aliphatic rings. The predicted octanol–water partition coefficient (Wildman–Crippen LogP) is 2.69. The van der Waals surface area contributed by atoms with E-state index in [9.17, 15) is 19.5 Å². The van der Waals surface area contributed by atoms with E-state index in [-0.39, 0.29) is 24.3 Å². The molecule has 0 saturated carbocycles. The van der Waals surface area contributed by atoms with E-state index in [0.29, 0.717) is 32.5 Å². The fraction of sp³-hybridized carbons (Fsp3) is 0.536. The van der Waals surface area contributed by atoms with Gasteiger partial charge in [-0.05, 0) is 44.7 Å². The second-order valence-corrected chi connectivity index (χ2v) is 12.5. The third-order valence-electron chi connectivity index (χ3n) is 8.27. The minimum atomic E-state index is -0.837. The largest absolute Gasteiger partial charge is 0.396 e. The number of amides is 3. The number of thioether (sulfide) groups is 1. The molecule has 1 N–H and O–H groups in total. The van der Waals surface area contributed by atoms with Gasteiger partial charge in [0.2, 0.25) is 11.8 Å². The van der Waals surface area contributed by atoms with Crippen LogP contribution in [0.25, 0.3) is 0 Å². The Morgan fingerprint density at radius 1 is 0.972 bits per heavy atom. The van der Waals surface area contributed by atoms with Crippen molar-refractivity contribution in [3.63, 3.8) is 0 Å². The summed E-state index contributed by atoms with van der Waals surface area (Å²) in [5.41, 5.74) is 2.90. The van der Waals surface area contributed by atoms with Gasteiger partial charge in [-0.15, -0.1) is 11.8 Å². The van der Waals surface area contributed by atoms with E-state index >= 15 is 0 Å². The molecule has 4 heterocycles. The highest BCUT2D eigenvalue weighted by atomic mass is 32.2. The lowest BCUT2D eigenvalue weighted by molar-refractivity contribution is -0.143. The van der Waals surface area contributed by atoms with Gasteiger partial charge < -0.3 is 19.8 Å². The van der Waals surface area contributed by atoms with Gasteiger partial charge in [0.15, 0.2) is 0 Å². The molecule has 2 saturated heterocycles. The number of hydrogen-bond donors (Lipinski definition) is 1. The highest BCUT2D eigenvalue weighted by molar-refractivity contribution is 8.02. The normalized spacial score (nSPS) is 33.5. The first-order valence-corrected chi connectivity index (χ1v) is 13.6. The van der Waals surface area contributed by atoms with Crippen LogP contribution in [0.2, 0.25) is 0 Å². The second kappa shape index (κ2) is 9.06. The number of fused-ring (bicyclic) bond motifs is 2. The Morgan fingerprint density at radius 3 is 2.36 bits per heavy atom. The fourth-order valence-corrected chi connectivity index (χ4v) is 8.87. The number of aliphatic hydroxyl groups excluding tert-OH is 1. The molecule has 0 radical (unpaired) electrons. The van der Waals surface area contributed by atoms with Gasteiger partial charge in [0.25, 0.3) is 5.91 Å². The number of anilines is 1. The molecule has 1 unspecified atom stereocenters. The molecule has 192 valence electrons. The van der Waals surface area contributed by atoms with Gasteiger partial charge in [0.05, 0.1) is 16.6 Å². The minimum Gasteiger partial charge on any atom is -0.396 e. The summed E-state index contributed by atoms with van der Waals surface area (Å²) in [6.07, 6.45) is 9.31. The second-order valence-electron chi connectivity index (χ2n) is 10.7. The smallest absolute Gasteiger partial charge is 0.251 e. The standard InChI is InChI=1S/C28H35N3O4S/c1-18-10-7-11-19(2)22(18)30-16-9-13-28-21(20-24(33)29(4)14-8-12-27(20,3)36-28)25(34)31(15-5-6-17-32)23(28)26(30)35/h7-13,20-21,23,32H,5-6,14-17H2,1-4H3/t20-,21-,23?,27+,28-/m0/s1. The maximum absolute atomic E-state index is 14.5. The van der Waals surface area contributed by atoms with Crippen LogP contribution in [0.1, 0.15) is 30.9 Å². The lowest BCUT2D eigenvalue weighted by atomic mass is 9.74. The average molecular weight is 510 g/mol. The highest BCUT2D eigenvalue weighted by Gasteiger charge is 2.73. The lowest BCUT2D eigenvalue weighted by Crippen LogP contribution is -2.53. The van der Waals surface area contributed by atoms with Gasteiger partial charge in [0, 0.05) is 43.7 Å². The van der Waals surface area contributed by atoms with Crippen molar-refractivity contribution in [2.45, 2.75) is 49.1 Å². The molecule has 36 heavy (non-hydrogen) atoms. The number of aryl methyl sites for hydroxylation is 2. The number of nitrogens with zero attached hydrogens (tertiary/aromatic N) is 3. The number of carbonyl (C=O) groups is 3. The zero-order valence-corrected chi connectivity index (χ0v) is 22.3. The van der Waals surface area contributed by atoms with Gasteiger partial charge in [-0.25, -0.2) is 0 Å². The number of carbonyl (C=O) groups excluding carboxylic acids is 3. The Hall–Kier alpha value is -2.58. The van der Waals surface area contributed by atoms with Crippen LogP contribution in [0.15, 0.2) is 42.5 Å². The van der Waals surface area contributed by atoms with Crippen LogP contribution < -0.4 is 4.90 Å². The molecule has 0 bridgehead atoms. The van der Waals surface area contributed by atoms with Gasteiger partial charge in [-0.3, -0.25) is 14.4 Å². The van der Waals surface area contributed by atoms with Crippen LogP contribution >= 0.6 is 11.8 Å². The third-order valence-corrected chi connectivity index (χ3v) is 10.1. The maximum atomic E-state index is 14.5. The number of hydrogen-bond acceptors (Lipinski definition) is 5. The minimum absolute atomic E-state index is 0.0349. The third kappa shape index (κ3) is 3.56. The van der Waals surface area contributed by atoms with E-state index in [1.54, 1.807) is 28.6 Å². The summed E-state index contributed by atoms with van der Waals surface area (Å²) < 4.78 is -1.42. The Kier molecular flexibility index (Phi) is 6.32. The summed E-state index contributed by atoms with van der Waals surface area (Å²) in [5, 5.41) is 9.38. The van der Waals surface area contributed by atoms with Gasteiger partial charge >= 0.3 is 0 Å². The number of likely N-dealkylation sites (N-methyl/N-ethyl adjacent to an activating group) is 1. The van der Waals surface area contributed by atoms with Gasteiger partial charge in [-0.1, -0.05) is 42.5 Å². The van der Waals surface area contributed by atoms with E-state index in [0.717, 1.165) is 16.8 Å². The molecule has 1 aromatic carbocycles. The zero-order chi connectivity index (χ0) is 25.8. The average Bonchev–Trinajstić information content (AvgIpc) is 3.10. The number of para-hydroxylation sites is 1. The summed E-state index contributed by atoms with van der Waals surface area (Å²) in [4.78, 5) is 47.6. The number of aliphatic hydroxyl groups is 1. The first kappa shape index (κ1) is 25.1. The number of benzene rings is 1. The highest BCUT2D eigenvalue weighted by Crippen LogP contribution is 2.65. The van der Waals surface area contributed by atoms with Crippen LogP contribution in [0.3, 0.4) is 0 Å². The summed E-state index contributed by atoms with van der Waals surface area (Å²) >= 11 is 1.61. The Bertz CT molecular complexity index is 1150. The van der Waals surface area contributed by atoms with Crippen LogP contribution in [0.5, 0.6) is 0 Å². The topological polar surface area (TPSA) is 81.2 Å². The monoisotopic (exact) mass is 509 g/mol. The molecule has 8 heteroatoms. The first-order valence-electron chi connectivity index (χ1n) is 12.8. The van der Waals surface area contributed by atoms with E-state index in [4.69, 9.17) is 0 Å². The van der Waals surface area contributed by atoms with Crippen molar-refractivity contribution >= 4 is 35.2 Å². The molecule has 0 aliphatic carbocycles. The first-order chi connectivity index (χ1) is 17.2. The summed E-state index contributed by atoms with van der Waals surface area (Å²) in [7, 11) is 1.78. The van der Waals surface area contributed by atoms with E-state index in [1.165, 1.54) is 0 Å². The molecule has 3 amide bonds. The molecular weight excluding hydrogens is 474 g/mol. The molecule has 1 spiro atoms. The Balaban J connectivity index is 1.65. The van der Waals surface area contributed by atoms with Crippen LogP contribution in [-0.4, -0.2) is 81.5 Å². The van der Waals surface area contributed by atoms with Crippen molar-refractivity contribution in [1.82, 2.24) is 9.80 Å². The summed E-state index contributed by atoms with van der Waals surface area (Å²) in [6, 6.07) is 5.28. The fourth-order valence-electron chi connectivity index (χ4n) is 6.71. The molecular formula is C28H35N3O4S. The van der Waals surface area contributed by atoms with Gasteiger partial charge in [-0.2, -0.15) is 0 Å². The van der Waals surface area contributed by atoms with E-state index in [2.05, 4.69) is 12.2 Å². The zero-order valence-electron chi connectivity index (χ0n) is 21.4. The number of rotatable bonds is 5. The van der Waals surface area contributed by atoms with Crippen molar-refractivity contribution in [2.24, 2.45) is 11.8 Å². The van der Waals surface area contributed by atoms with Crippen molar-refractivity contribution in [3.8, 4) is 0 Å². The quantitative estimate of drug-likeness (QED) is 0.488. The van der Waals surface area contributed by atoms with E-state index in [1.807, 2.05) is 56.0 Å². The van der Waals surface area contributed by atoms with Crippen molar-refractivity contribution in [3.05, 3.63) is 53.6 Å². The van der Waals surface area contributed by atoms with Crippen LogP contribution in [0, 0.1) is 25.7 Å². The molecule has 5 atom stereocenters. The van der Waals surface area contributed by atoms with E-state index < -0.39 is 27.4 Å². The van der Waals surface area contributed by atoms with Crippen molar-refractivity contribution in [1.29, 1.82) is 0 Å². The Morgan fingerprint density at radius 2 is 1.67 bits per heavy atom.